The fourth-order valence-electron chi connectivity index (χ4n) is 5.47. The molecule has 2 aromatic rings. The number of aliphatic hydroxyl groups is 1. The van der Waals surface area contributed by atoms with Crippen LogP contribution in [0.4, 0.5) is 5.69 Å². The summed E-state index contributed by atoms with van der Waals surface area (Å²) < 4.78 is 0. The molecule has 1 saturated heterocycles. The Bertz CT molecular complexity index is 1130. The summed E-state index contributed by atoms with van der Waals surface area (Å²) in [7, 11) is 0. The quantitative estimate of drug-likeness (QED) is 0.0502. The molecule has 1 N–H and O–H groups in total. The lowest BCUT2D eigenvalue weighted by Crippen LogP contribution is -2.30. The fourth-order valence-corrected chi connectivity index (χ4v) is 5.47. The molecule has 0 saturated carbocycles. The molecule has 0 bridgehead atoms. The third-order valence-electron chi connectivity index (χ3n) is 7.76. The third-order valence-corrected chi connectivity index (χ3v) is 7.76. The second-order valence-electron chi connectivity index (χ2n) is 10.8. The van der Waals surface area contributed by atoms with Crippen molar-refractivity contribution in [1.29, 1.82) is 0 Å². The summed E-state index contributed by atoms with van der Waals surface area (Å²) in [6.07, 6.45) is 17.3. The molecule has 7 heteroatoms. The minimum absolute atomic E-state index is 0.0235. The zero-order valence-corrected chi connectivity index (χ0v) is 23.9. The molecule has 1 aliphatic heterocycles. The van der Waals surface area contributed by atoms with Crippen molar-refractivity contribution in [1.82, 2.24) is 4.90 Å². The molecule has 1 fully saturated rings. The standard InChI is InChI=1S/C33H44N2O5/c1-2-3-4-5-6-7-8-9-10-11-12-13-14-18-25-34-30(26-19-16-15-17-20-26)29(32(37)33(34)38)31(36)27-21-23-28(24-22-27)35(39)40/h15-17,19-24,30,36H,2-14,18,25H2,1H3/b31-29+/t30-/m1/s1. The summed E-state index contributed by atoms with van der Waals surface area (Å²) in [6, 6.07) is 13.9. The highest BCUT2D eigenvalue weighted by molar-refractivity contribution is 6.46. The van der Waals surface area contributed by atoms with Gasteiger partial charge in [-0.3, -0.25) is 19.7 Å². The molecule has 0 radical (unpaired) electrons. The van der Waals surface area contributed by atoms with Gasteiger partial charge in [0.2, 0.25) is 0 Å². The number of carbonyl (C=O) groups excluding carboxylic acids is 2. The molecule has 0 aromatic heterocycles. The topological polar surface area (TPSA) is 101 Å². The van der Waals surface area contributed by atoms with Crippen LogP contribution in [0.25, 0.3) is 5.76 Å². The van der Waals surface area contributed by atoms with Crippen molar-refractivity contribution < 1.29 is 19.6 Å². The molecule has 1 aliphatic rings. The van der Waals surface area contributed by atoms with Crippen LogP contribution in [0, 0.1) is 10.1 Å². The summed E-state index contributed by atoms with van der Waals surface area (Å²) in [6.45, 7) is 2.68. The molecule has 1 heterocycles. The van der Waals surface area contributed by atoms with E-state index in [9.17, 15) is 24.8 Å². The van der Waals surface area contributed by atoms with Gasteiger partial charge in [-0.15, -0.1) is 0 Å². The van der Waals surface area contributed by atoms with Gasteiger partial charge in [0.1, 0.15) is 5.76 Å². The summed E-state index contributed by atoms with van der Waals surface area (Å²) in [5.74, 6) is -1.66. The Morgan fingerprint density at radius 2 is 1.27 bits per heavy atom. The van der Waals surface area contributed by atoms with E-state index in [1.54, 1.807) is 4.90 Å². The third kappa shape index (κ3) is 8.77. The van der Waals surface area contributed by atoms with Crippen LogP contribution >= 0.6 is 0 Å². The maximum Gasteiger partial charge on any atom is 0.295 e. The van der Waals surface area contributed by atoms with Crippen LogP contribution in [0.3, 0.4) is 0 Å². The zero-order valence-electron chi connectivity index (χ0n) is 23.9. The second kappa shape index (κ2) is 16.6. The van der Waals surface area contributed by atoms with E-state index in [0.29, 0.717) is 6.54 Å². The minimum Gasteiger partial charge on any atom is -0.507 e. The molecule has 1 amide bonds. The van der Waals surface area contributed by atoms with Crippen molar-refractivity contribution in [3.05, 3.63) is 81.4 Å². The number of nitrogens with zero attached hydrogens (tertiary/aromatic N) is 2. The number of rotatable bonds is 18. The summed E-state index contributed by atoms with van der Waals surface area (Å²) in [5.41, 5.74) is 0.918. The van der Waals surface area contributed by atoms with Gasteiger partial charge in [0.25, 0.3) is 17.4 Å². The molecule has 0 aliphatic carbocycles. The van der Waals surface area contributed by atoms with Gasteiger partial charge >= 0.3 is 0 Å². The number of nitro benzene ring substituents is 1. The van der Waals surface area contributed by atoms with Crippen LogP contribution < -0.4 is 0 Å². The van der Waals surface area contributed by atoms with E-state index in [1.165, 1.54) is 94.9 Å². The van der Waals surface area contributed by atoms with Crippen molar-refractivity contribution in [2.75, 3.05) is 6.54 Å². The summed E-state index contributed by atoms with van der Waals surface area (Å²) >= 11 is 0. The smallest absolute Gasteiger partial charge is 0.295 e. The van der Waals surface area contributed by atoms with Gasteiger partial charge in [0.15, 0.2) is 0 Å². The van der Waals surface area contributed by atoms with E-state index in [-0.39, 0.29) is 22.6 Å². The number of benzene rings is 2. The number of unbranched alkanes of at least 4 members (excludes halogenated alkanes) is 13. The van der Waals surface area contributed by atoms with Crippen LogP contribution in [0.5, 0.6) is 0 Å². The van der Waals surface area contributed by atoms with Crippen molar-refractivity contribution >= 4 is 23.1 Å². The Labute approximate surface area is 238 Å². The maximum atomic E-state index is 13.1. The zero-order chi connectivity index (χ0) is 28.7. The van der Waals surface area contributed by atoms with Gasteiger partial charge in [-0.05, 0) is 24.1 Å². The summed E-state index contributed by atoms with van der Waals surface area (Å²) in [5, 5.41) is 22.1. The van der Waals surface area contributed by atoms with E-state index in [1.807, 2.05) is 30.3 Å². The first-order valence-corrected chi connectivity index (χ1v) is 15.0. The molecule has 0 spiro atoms. The number of hydrogen-bond acceptors (Lipinski definition) is 5. The Morgan fingerprint density at radius 1 is 0.775 bits per heavy atom. The van der Waals surface area contributed by atoms with Crippen LogP contribution in [0.15, 0.2) is 60.2 Å². The molecule has 7 nitrogen and oxygen atoms in total. The van der Waals surface area contributed by atoms with Crippen LogP contribution in [-0.2, 0) is 9.59 Å². The second-order valence-corrected chi connectivity index (χ2v) is 10.8. The van der Waals surface area contributed by atoms with Crippen LogP contribution in [-0.4, -0.2) is 33.2 Å². The first-order valence-electron chi connectivity index (χ1n) is 15.0. The number of aliphatic hydroxyl groups excluding tert-OH is 1. The SMILES string of the molecule is CCCCCCCCCCCCCCCCN1C(=O)C(=O)/C(=C(/O)c2ccc([N+](=O)[O-])cc2)[C@H]1c1ccccc1. The lowest BCUT2D eigenvalue weighted by Gasteiger charge is -2.25. The Morgan fingerprint density at radius 3 is 1.77 bits per heavy atom. The van der Waals surface area contributed by atoms with Crippen molar-refractivity contribution in [3.8, 4) is 0 Å². The van der Waals surface area contributed by atoms with E-state index in [0.717, 1.165) is 24.8 Å². The first-order chi connectivity index (χ1) is 19.5. The van der Waals surface area contributed by atoms with Gasteiger partial charge < -0.3 is 10.0 Å². The van der Waals surface area contributed by atoms with Crippen LogP contribution in [0.2, 0.25) is 0 Å². The molecular formula is C33H44N2O5. The molecule has 216 valence electrons. The molecule has 2 aromatic carbocycles. The highest BCUT2D eigenvalue weighted by Gasteiger charge is 2.45. The van der Waals surface area contributed by atoms with Gasteiger partial charge in [0.05, 0.1) is 16.5 Å². The van der Waals surface area contributed by atoms with Gasteiger partial charge in [-0.25, -0.2) is 0 Å². The predicted octanol–water partition coefficient (Wildman–Crippen LogP) is 8.50. The van der Waals surface area contributed by atoms with E-state index in [2.05, 4.69) is 6.92 Å². The van der Waals surface area contributed by atoms with Crippen molar-refractivity contribution in [2.24, 2.45) is 0 Å². The average molecular weight is 549 g/mol. The van der Waals surface area contributed by atoms with Crippen molar-refractivity contribution in [2.45, 2.75) is 103 Å². The Kier molecular flexibility index (Phi) is 12.9. The van der Waals surface area contributed by atoms with Gasteiger partial charge in [0, 0.05) is 24.2 Å². The average Bonchev–Trinajstić information content (AvgIpc) is 3.22. The monoisotopic (exact) mass is 548 g/mol. The maximum absolute atomic E-state index is 13.1. The lowest BCUT2D eigenvalue weighted by molar-refractivity contribution is -0.384. The normalized spacial score (nSPS) is 16.5. The first kappa shape index (κ1) is 31.1. The number of Topliss-reactive ketones (excluding diaryl/α,β-unsaturated/α-hetero) is 1. The van der Waals surface area contributed by atoms with Crippen LogP contribution in [0.1, 0.15) is 114 Å². The van der Waals surface area contributed by atoms with Gasteiger partial charge in [-0.1, -0.05) is 121 Å². The minimum atomic E-state index is -0.727. The van der Waals surface area contributed by atoms with Gasteiger partial charge in [-0.2, -0.15) is 0 Å². The lowest BCUT2D eigenvalue weighted by atomic mass is 9.95. The summed E-state index contributed by atoms with van der Waals surface area (Å²) in [4.78, 5) is 38.3. The number of carbonyl (C=O) groups is 2. The van der Waals surface area contributed by atoms with Crippen molar-refractivity contribution in [3.63, 3.8) is 0 Å². The molecule has 40 heavy (non-hydrogen) atoms. The van der Waals surface area contributed by atoms with E-state index < -0.39 is 22.7 Å². The Hall–Kier alpha value is -3.48. The number of non-ortho nitro benzene ring substituents is 1. The Balaban J connectivity index is 1.53. The number of hydrogen-bond donors (Lipinski definition) is 1. The highest BCUT2D eigenvalue weighted by atomic mass is 16.6. The van der Waals surface area contributed by atoms with E-state index >= 15 is 0 Å². The fraction of sp³-hybridized carbons (Fsp3) is 0.515. The number of amides is 1. The molecule has 0 unspecified atom stereocenters. The molecular weight excluding hydrogens is 504 g/mol. The largest absolute Gasteiger partial charge is 0.507 e. The van der Waals surface area contributed by atoms with E-state index in [4.69, 9.17) is 0 Å². The number of nitro groups is 1. The highest BCUT2D eigenvalue weighted by Crippen LogP contribution is 2.39. The molecule has 3 rings (SSSR count). The number of ketones is 1. The number of likely N-dealkylation sites (tertiary alicyclic amines) is 1. The molecule has 1 atom stereocenters. The predicted molar refractivity (Wildman–Crippen MR) is 159 cm³/mol.